The summed E-state index contributed by atoms with van der Waals surface area (Å²) in [4.78, 5) is 7.11. The lowest BCUT2D eigenvalue weighted by atomic mass is 9.97. The third-order valence-corrected chi connectivity index (χ3v) is 10.1. The summed E-state index contributed by atoms with van der Waals surface area (Å²) in [7, 11) is 0. The molecule has 0 spiro atoms. The van der Waals surface area contributed by atoms with Crippen LogP contribution in [-0.2, 0) is 0 Å². The van der Waals surface area contributed by atoms with Crippen LogP contribution in [0, 0.1) is 0 Å². The van der Waals surface area contributed by atoms with Crippen LogP contribution in [0.1, 0.15) is 0 Å². The number of para-hydroxylation sites is 3. The minimum Gasteiger partial charge on any atom is -0.456 e. The van der Waals surface area contributed by atoms with Gasteiger partial charge in [-0.05, 0) is 94.7 Å². The predicted octanol–water partition coefficient (Wildman–Crippen LogP) is 13.6. The Labute approximate surface area is 297 Å². The Balaban J connectivity index is 1.11. The molecule has 3 aromatic heterocycles. The molecule has 3 heterocycles. The molecule has 0 fully saturated rings. The van der Waals surface area contributed by atoms with E-state index in [0.29, 0.717) is 5.89 Å². The molecule has 0 unspecified atom stereocenters. The molecule has 0 atom stereocenters. The van der Waals surface area contributed by atoms with Gasteiger partial charge >= 0.3 is 0 Å². The van der Waals surface area contributed by atoms with Crippen molar-refractivity contribution in [2.75, 3.05) is 4.90 Å². The van der Waals surface area contributed by atoms with E-state index in [9.17, 15) is 0 Å². The van der Waals surface area contributed by atoms with Gasteiger partial charge in [0.05, 0.1) is 0 Å². The van der Waals surface area contributed by atoms with Crippen molar-refractivity contribution in [2.45, 2.75) is 0 Å². The maximum Gasteiger partial charge on any atom is 0.228 e. The maximum atomic E-state index is 6.60. The minimum absolute atomic E-state index is 0.575. The highest BCUT2D eigenvalue weighted by atomic mass is 16.4. The first-order valence-corrected chi connectivity index (χ1v) is 17.4. The first-order chi connectivity index (χ1) is 25.7. The third kappa shape index (κ3) is 4.46. The Kier molecular flexibility index (Phi) is 6.18. The number of fused-ring (bicyclic) bond motifs is 8. The van der Waals surface area contributed by atoms with Crippen molar-refractivity contribution >= 4 is 82.8 Å². The molecule has 0 aliphatic rings. The normalized spacial score (nSPS) is 11.8. The van der Waals surface area contributed by atoms with Gasteiger partial charge in [-0.3, -0.25) is 0 Å². The topological polar surface area (TPSA) is 55.6 Å². The molecular weight excluding hydrogens is 641 g/mol. The van der Waals surface area contributed by atoms with Gasteiger partial charge in [0.15, 0.2) is 5.58 Å². The summed E-state index contributed by atoms with van der Waals surface area (Å²) < 4.78 is 19.0. The molecule has 5 heteroatoms. The Bertz CT molecular complexity index is 3130. The number of benzene rings is 8. The highest BCUT2D eigenvalue weighted by Crippen LogP contribution is 2.44. The summed E-state index contributed by atoms with van der Waals surface area (Å²) in [5.74, 6) is 0.575. The molecule has 11 aromatic rings. The van der Waals surface area contributed by atoms with Gasteiger partial charge in [-0.15, -0.1) is 0 Å². The molecule has 0 radical (unpaired) electrons. The molecule has 0 bridgehead atoms. The molecule has 0 N–H and O–H groups in total. The quantitative estimate of drug-likeness (QED) is 0.183. The number of rotatable bonds is 5. The Morgan fingerprint density at radius 2 is 1.06 bits per heavy atom. The largest absolute Gasteiger partial charge is 0.456 e. The summed E-state index contributed by atoms with van der Waals surface area (Å²) >= 11 is 0. The van der Waals surface area contributed by atoms with Crippen molar-refractivity contribution in [1.29, 1.82) is 0 Å². The molecule has 5 nitrogen and oxygen atoms in total. The molecule has 0 saturated heterocycles. The van der Waals surface area contributed by atoms with Crippen LogP contribution >= 0.6 is 0 Å². The fourth-order valence-corrected chi connectivity index (χ4v) is 7.71. The zero-order chi connectivity index (χ0) is 34.2. The second kappa shape index (κ2) is 11.2. The smallest absolute Gasteiger partial charge is 0.228 e. The first kappa shape index (κ1) is 28.7. The highest BCUT2D eigenvalue weighted by molar-refractivity contribution is 6.13. The van der Waals surface area contributed by atoms with E-state index in [-0.39, 0.29) is 0 Å². The Morgan fingerprint density at radius 1 is 0.385 bits per heavy atom. The van der Waals surface area contributed by atoms with E-state index in [2.05, 4.69) is 120 Å². The Hall–Kier alpha value is -7.11. The molecule has 0 aliphatic heterocycles. The van der Waals surface area contributed by atoms with Gasteiger partial charge in [0.25, 0.3) is 0 Å². The van der Waals surface area contributed by atoms with Gasteiger partial charge in [0.2, 0.25) is 5.89 Å². The van der Waals surface area contributed by atoms with Crippen molar-refractivity contribution in [1.82, 2.24) is 4.98 Å². The lowest BCUT2D eigenvalue weighted by Crippen LogP contribution is -2.10. The summed E-state index contributed by atoms with van der Waals surface area (Å²) in [6, 6.07) is 58.8. The number of hydrogen-bond acceptors (Lipinski definition) is 5. The molecule has 0 aliphatic carbocycles. The fourth-order valence-electron chi connectivity index (χ4n) is 7.71. The summed E-state index contributed by atoms with van der Waals surface area (Å²) in [6.07, 6.45) is 0. The van der Waals surface area contributed by atoms with Crippen molar-refractivity contribution in [3.05, 3.63) is 170 Å². The van der Waals surface area contributed by atoms with E-state index in [0.717, 1.165) is 83.2 Å². The summed E-state index contributed by atoms with van der Waals surface area (Å²) in [5.41, 5.74) is 11.1. The minimum atomic E-state index is 0.575. The SMILES string of the molecule is c1cc(-c2cccc3ccccc23)cc(N(c2ccc3c(c2)oc2cccc(-c4nc5ccccc5o4)c23)c2ccc3oc4ccccc4c3c2)c1. The number of aromatic nitrogens is 1. The van der Waals surface area contributed by atoms with Crippen molar-refractivity contribution in [3.8, 4) is 22.6 Å². The second-order valence-corrected chi connectivity index (χ2v) is 13.1. The van der Waals surface area contributed by atoms with E-state index >= 15 is 0 Å². The maximum absolute atomic E-state index is 6.60. The van der Waals surface area contributed by atoms with Gasteiger partial charge in [-0.2, -0.15) is 0 Å². The molecule has 52 heavy (non-hydrogen) atoms. The zero-order valence-electron chi connectivity index (χ0n) is 27.8. The van der Waals surface area contributed by atoms with Gasteiger partial charge in [-0.1, -0.05) is 91.0 Å². The van der Waals surface area contributed by atoms with E-state index in [1.807, 2.05) is 54.6 Å². The third-order valence-electron chi connectivity index (χ3n) is 10.1. The van der Waals surface area contributed by atoms with Crippen molar-refractivity contribution < 1.29 is 13.3 Å². The monoisotopic (exact) mass is 668 g/mol. The summed E-state index contributed by atoms with van der Waals surface area (Å²) in [6.45, 7) is 0. The van der Waals surface area contributed by atoms with Crippen LogP contribution in [0.2, 0.25) is 0 Å². The average Bonchev–Trinajstić information content (AvgIpc) is 3.91. The predicted molar refractivity (Wildman–Crippen MR) is 212 cm³/mol. The van der Waals surface area contributed by atoms with Gasteiger partial charge in [-0.25, -0.2) is 4.98 Å². The second-order valence-electron chi connectivity index (χ2n) is 13.1. The molecular formula is C47H28N2O3. The fraction of sp³-hybridized carbons (Fsp3) is 0. The molecule has 8 aromatic carbocycles. The molecule has 11 rings (SSSR count). The zero-order valence-corrected chi connectivity index (χ0v) is 27.8. The van der Waals surface area contributed by atoms with Crippen LogP contribution in [0.25, 0.3) is 88.3 Å². The standard InChI is InChI=1S/C47H28N2O3/c1-2-14-34-29(10-1)11-8-16-35(34)30-12-7-13-31(26-30)49(32-23-25-42-39(27-32)36-15-3-5-19-41(36)50-42)33-22-24-37-45(28-33)51-44-21-9-17-38(46(37)44)47-48-40-18-4-6-20-43(40)52-47/h1-28H. The Morgan fingerprint density at radius 3 is 2.00 bits per heavy atom. The van der Waals surface area contributed by atoms with Crippen LogP contribution in [-0.4, -0.2) is 4.98 Å². The van der Waals surface area contributed by atoms with Gasteiger partial charge < -0.3 is 18.2 Å². The average molecular weight is 669 g/mol. The van der Waals surface area contributed by atoms with Crippen LogP contribution in [0.15, 0.2) is 183 Å². The summed E-state index contributed by atoms with van der Waals surface area (Å²) in [5, 5.41) is 6.56. The number of hydrogen-bond donors (Lipinski definition) is 0. The van der Waals surface area contributed by atoms with E-state index < -0.39 is 0 Å². The van der Waals surface area contributed by atoms with Gasteiger partial charge in [0, 0.05) is 50.2 Å². The van der Waals surface area contributed by atoms with E-state index in [1.165, 1.54) is 16.3 Å². The lowest BCUT2D eigenvalue weighted by Gasteiger charge is -2.26. The lowest BCUT2D eigenvalue weighted by molar-refractivity contribution is 0.620. The van der Waals surface area contributed by atoms with E-state index in [1.54, 1.807) is 0 Å². The van der Waals surface area contributed by atoms with Crippen LogP contribution < -0.4 is 4.90 Å². The van der Waals surface area contributed by atoms with Gasteiger partial charge in [0.1, 0.15) is 27.8 Å². The molecule has 244 valence electrons. The van der Waals surface area contributed by atoms with E-state index in [4.69, 9.17) is 18.2 Å². The molecule has 0 saturated carbocycles. The number of anilines is 3. The van der Waals surface area contributed by atoms with Crippen molar-refractivity contribution in [3.63, 3.8) is 0 Å². The van der Waals surface area contributed by atoms with Crippen molar-refractivity contribution in [2.24, 2.45) is 0 Å². The van der Waals surface area contributed by atoms with Crippen LogP contribution in [0.4, 0.5) is 17.1 Å². The molecule has 0 amide bonds. The highest BCUT2D eigenvalue weighted by Gasteiger charge is 2.21. The number of oxazole rings is 1. The number of furan rings is 2. The first-order valence-electron chi connectivity index (χ1n) is 17.4. The van der Waals surface area contributed by atoms with Crippen LogP contribution in [0.3, 0.4) is 0 Å². The van der Waals surface area contributed by atoms with Crippen LogP contribution in [0.5, 0.6) is 0 Å². The number of nitrogens with zero attached hydrogens (tertiary/aromatic N) is 2.